The smallest absolute Gasteiger partial charge is 0.262 e. The van der Waals surface area contributed by atoms with Crippen LogP contribution in [0.15, 0.2) is 15.9 Å². The molecular formula is C15H22BrN3O3S. The molecule has 128 valence electrons. The predicted octanol–water partition coefficient (Wildman–Crippen LogP) is 2.05. The van der Waals surface area contributed by atoms with Crippen LogP contribution in [0.25, 0.3) is 0 Å². The Bertz CT molecular complexity index is 574. The minimum absolute atomic E-state index is 0.0636. The highest BCUT2D eigenvalue weighted by atomic mass is 79.9. The van der Waals surface area contributed by atoms with Gasteiger partial charge in [-0.25, -0.2) is 0 Å². The summed E-state index contributed by atoms with van der Waals surface area (Å²) in [5.74, 6) is -0.736. The standard InChI is InChI=1S/C15H22BrN3O3S/c1-8(2)17-13(20)7-9(3)18-14(21)10(4)19-15(22)11-5-6-12(16)23-11/h5-6,8-10H,7H2,1-4H3,(H,17,20)(H,18,21)(H,19,22)/t9-,10+/m1/s1. The van der Waals surface area contributed by atoms with Crippen molar-refractivity contribution in [1.82, 2.24) is 16.0 Å². The number of amides is 3. The van der Waals surface area contributed by atoms with Crippen molar-refractivity contribution in [3.8, 4) is 0 Å². The van der Waals surface area contributed by atoms with Crippen molar-refractivity contribution in [3.05, 3.63) is 20.8 Å². The van der Waals surface area contributed by atoms with E-state index in [9.17, 15) is 14.4 Å². The van der Waals surface area contributed by atoms with Crippen molar-refractivity contribution in [2.75, 3.05) is 0 Å². The summed E-state index contributed by atoms with van der Waals surface area (Å²) in [4.78, 5) is 36.2. The molecule has 1 aromatic heterocycles. The molecule has 3 amide bonds. The van der Waals surface area contributed by atoms with Gasteiger partial charge in [0, 0.05) is 18.5 Å². The van der Waals surface area contributed by atoms with E-state index in [0.29, 0.717) is 4.88 Å². The maximum absolute atomic E-state index is 12.1. The second-order valence-corrected chi connectivity index (χ2v) is 8.10. The van der Waals surface area contributed by atoms with Gasteiger partial charge in [-0.05, 0) is 55.8 Å². The lowest BCUT2D eigenvalue weighted by Gasteiger charge is -2.18. The van der Waals surface area contributed by atoms with Gasteiger partial charge < -0.3 is 16.0 Å². The minimum Gasteiger partial charge on any atom is -0.354 e. The number of halogens is 1. The molecule has 0 aromatic carbocycles. The average Bonchev–Trinajstić information content (AvgIpc) is 2.83. The van der Waals surface area contributed by atoms with Gasteiger partial charge in [0.25, 0.3) is 5.91 Å². The first kappa shape index (κ1) is 19.6. The van der Waals surface area contributed by atoms with Gasteiger partial charge in [0.1, 0.15) is 6.04 Å². The zero-order chi connectivity index (χ0) is 17.6. The summed E-state index contributed by atoms with van der Waals surface area (Å²) in [6.07, 6.45) is 0.197. The Balaban J connectivity index is 2.44. The Morgan fingerprint density at radius 1 is 1.09 bits per heavy atom. The van der Waals surface area contributed by atoms with Gasteiger partial charge >= 0.3 is 0 Å². The Hall–Kier alpha value is -1.41. The van der Waals surface area contributed by atoms with Gasteiger partial charge in [0.05, 0.1) is 8.66 Å². The predicted molar refractivity (Wildman–Crippen MR) is 94.4 cm³/mol. The zero-order valence-corrected chi connectivity index (χ0v) is 16.0. The molecule has 0 saturated carbocycles. The summed E-state index contributed by atoms with van der Waals surface area (Å²) in [5.41, 5.74) is 0. The SMILES string of the molecule is CC(C)NC(=O)C[C@@H](C)NC(=O)[C@H](C)NC(=O)c1ccc(Br)s1. The number of hydrogen-bond acceptors (Lipinski definition) is 4. The lowest BCUT2D eigenvalue weighted by atomic mass is 10.2. The third kappa shape index (κ3) is 7.13. The molecule has 0 aliphatic heterocycles. The Morgan fingerprint density at radius 2 is 1.74 bits per heavy atom. The minimum atomic E-state index is -0.681. The first-order chi connectivity index (χ1) is 10.7. The highest BCUT2D eigenvalue weighted by molar-refractivity contribution is 9.11. The molecule has 3 N–H and O–H groups in total. The van der Waals surface area contributed by atoms with Gasteiger partial charge in [0.2, 0.25) is 11.8 Å². The lowest BCUT2D eigenvalue weighted by Crippen LogP contribution is -2.48. The van der Waals surface area contributed by atoms with E-state index < -0.39 is 6.04 Å². The molecule has 6 nitrogen and oxygen atoms in total. The topological polar surface area (TPSA) is 87.3 Å². The van der Waals surface area contributed by atoms with E-state index in [4.69, 9.17) is 0 Å². The fourth-order valence-corrected chi connectivity index (χ4v) is 3.14. The van der Waals surface area contributed by atoms with Gasteiger partial charge in [-0.2, -0.15) is 0 Å². The molecule has 0 fully saturated rings. The van der Waals surface area contributed by atoms with Crippen LogP contribution in [0.1, 0.15) is 43.8 Å². The molecule has 1 rings (SSSR count). The summed E-state index contributed by atoms with van der Waals surface area (Å²) in [5, 5.41) is 8.13. The van der Waals surface area contributed by atoms with Crippen LogP contribution in [-0.2, 0) is 9.59 Å². The second-order valence-electron chi connectivity index (χ2n) is 5.63. The second kappa shape index (κ2) is 9.02. The van der Waals surface area contributed by atoms with Crippen LogP contribution in [0.4, 0.5) is 0 Å². The van der Waals surface area contributed by atoms with Crippen molar-refractivity contribution in [3.63, 3.8) is 0 Å². The Morgan fingerprint density at radius 3 is 2.26 bits per heavy atom. The van der Waals surface area contributed by atoms with E-state index in [1.807, 2.05) is 13.8 Å². The highest BCUT2D eigenvalue weighted by Gasteiger charge is 2.20. The summed E-state index contributed by atoms with van der Waals surface area (Å²) < 4.78 is 0.851. The van der Waals surface area contributed by atoms with Crippen molar-refractivity contribution >= 4 is 45.0 Å². The van der Waals surface area contributed by atoms with Crippen molar-refractivity contribution < 1.29 is 14.4 Å². The quantitative estimate of drug-likeness (QED) is 0.650. The van der Waals surface area contributed by atoms with Crippen LogP contribution < -0.4 is 16.0 Å². The highest BCUT2D eigenvalue weighted by Crippen LogP contribution is 2.21. The first-order valence-electron chi connectivity index (χ1n) is 7.35. The molecule has 0 aliphatic rings. The number of nitrogens with one attached hydrogen (secondary N) is 3. The number of hydrogen-bond donors (Lipinski definition) is 3. The van der Waals surface area contributed by atoms with E-state index in [1.54, 1.807) is 26.0 Å². The van der Waals surface area contributed by atoms with Gasteiger partial charge in [-0.1, -0.05) is 0 Å². The summed E-state index contributed by atoms with van der Waals surface area (Å²) in [6, 6.07) is 2.54. The molecule has 0 unspecified atom stereocenters. The normalized spacial score (nSPS) is 13.3. The maximum atomic E-state index is 12.1. The average molecular weight is 404 g/mol. The first-order valence-corrected chi connectivity index (χ1v) is 8.96. The van der Waals surface area contributed by atoms with Crippen LogP contribution in [-0.4, -0.2) is 35.8 Å². The van der Waals surface area contributed by atoms with Crippen molar-refractivity contribution in [2.45, 2.75) is 52.2 Å². The molecule has 0 bridgehead atoms. The van der Waals surface area contributed by atoms with Crippen LogP contribution in [0.2, 0.25) is 0 Å². The van der Waals surface area contributed by atoms with Crippen molar-refractivity contribution in [1.29, 1.82) is 0 Å². The molecule has 8 heteroatoms. The van der Waals surface area contributed by atoms with Gasteiger partial charge in [-0.15, -0.1) is 11.3 Å². The molecule has 23 heavy (non-hydrogen) atoms. The maximum Gasteiger partial charge on any atom is 0.262 e. The molecular weight excluding hydrogens is 382 g/mol. The number of thiophene rings is 1. The van der Waals surface area contributed by atoms with E-state index in [2.05, 4.69) is 31.9 Å². The summed E-state index contributed by atoms with van der Waals surface area (Å²) >= 11 is 4.59. The number of carbonyl (C=O) groups is 3. The van der Waals surface area contributed by atoms with Crippen LogP contribution >= 0.6 is 27.3 Å². The molecule has 2 atom stereocenters. The largest absolute Gasteiger partial charge is 0.354 e. The molecule has 1 heterocycles. The number of carbonyl (C=O) groups excluding carboxylic acids is 3. The molecule has 0 saturated heterocycles. The van der Waals surface area contributed by atoms with E-state index in [1.165, 1.54) is 11.3 Å². The third-order valence-corrected chi connectivity index (χ3v) is 4.49. The van der Waals surface area contributed by atoms with E-state index in [-0.39, 0.29) is 36.2 Å². The Labute approximate surface area is 148 Å². The molecule has 1 aromatic rings. The zero-order valence-electron chi connectivity index (χ0n) is 13.6. The van der Waals surface area contributed by atoms with Crippen molar-refractivity contribution in [2.24, 2.45) is 0 Å². The molecule has 0 radical (unpaired) electrons. The van der Waals surface area contributed by atoms with E-state index >= 15 is 0 Å². The fraction of sp³-hybridized carbons (Fsp3) is 0.533. The lowest BCUT2D eigenvalue weighted by molar-refractivity contribution is -0.124. The van der Waals surface area contributed by atoms with E-state index in [0.717, 1.165) is 3.79 Å². The molecule has 0 spiro atoms. The summed E-state index contributed by atoms with van der Waals surface area (Å²) in [6.45, 7) is 7.11. The molecule has 0 aliphatic carbocycles. The fourth-order valence-electron chi connectivity index (χ4n) is 1.85. The Kier molecular flexibility index (Phi) is 7.70. The van der Waals surface area contributed by atoms with Crippen LogP contribution in [0.3, 0.4) is 0 Å². The monoisotopic (exact) mass is 403 g/mol. The van der Waals surface area contributed by atoms with Gasteiger partial charge in [-0.3, -0.25) is 14.4 Å². The third-order valence-electron chi connectivity index (χ3n) is 2.87. The number of rotatable bonds is 7. The van der Waals surface area contributed by atoms with Gasteiger partial charge in [0.15, 0.2) is 0 Å². The van der Waals surface area contributed by atoms with Crippen LogP contribution in [0, 0.1) is 0 Å². The summed E-state index contributed by atoms with van der Waals surface area (Å²) in [7, 11) is 0. The van der Waals surface area contributed by atoms with Crippen LogP contribution in [0.5, 0.6) is 0 Å².